The Morgan fingerprint density at radius 1 is 1.06 bits per heavy atom. The molecule has 0 aliphatic carbocycles. The summed E-state index contributed by atoms with van der Waals surface area (Å²) in [6, 6.07) is 7.75. The predicted molar refractivity (Wildman–Crippen MR) is 62.6 cm³/mol. The second-order valence-electron chi connectivity index (χ2n) is 3.24. The van der Waals surface area contributed by atoms with Gasteiger partial charge in [0.2, 0.25) is 5.28 Å². The topological polar surface area (TPSA) is 57.1 Å². The zero-order valence-corrected chi connectivity index (χ0v) is 10.1. The smallest absolute Gasteiger partial charge is 0.329 e. The van der Waals surface area contributed by atoms with Crippen LogP contribution in [0.2, 0.25) is 5.28 Å². The van der Waals surface area contributed by atoms with Crippen LogP contribution >= 0.6 is 11.6 Å². The Morgan fingerprint density at radius 3 is 2.47 bits per heavy atom. The van der Waals surface area contributed by atoms with Gasteiger partial charge in [-0.25, -0.2) is 0 Å². The fourth-order valence-electron chi connectivity index (χ4n) is 1.22. The molecule has 1 heterocycles. The molecule has 0 unspecified atom stereocenters. The van der Waals surface area contributed by atoms with Crippen LogP contribution in [0.5, 0.6) is 17.8 Å². The molecule has 0 atom stereocenters. The van der Waals surface area contributed by atoms with Crippen molar-refractivity contribution in [3.05, 3.63) is 35.1 Å². The second-order valence-corrected chi connectivity index (χ2v) is 3.58. The van der Waals surface area contributed by atoms with Crippen molar-refractivity contribution in [1.82, 2.24) is 15.0 Å². The Morgan fingerprint density at radius 2 is 1.76 bits per heavy atom. The number of ether oxygens (including phenoxy) is 2. The molecule has 1 aromatic heterocycles. The molecule has 0 saturated carbocycles. The maximum Gasteiger partial charge on any atom is 0.329 e. The molecule has 17 heavy (non-hydrogen) atoms. The van der Waals surface area contributed by atoms with Crippen LogP contribution in [0.3, 0.4) is 0 Å². The summed E-state index contributed by atoms with van der Waals surface area (Å²) in [5.41, 5.74) is 0.975. The van der Waals surface area contributed by atoms with Crippen molar-refractivity contribution in [3.8, 4) is 17.8 Å². The lowest BCUT2D eigenvalue weighted by Gasteiger charge is -2.07. The number of methoxy groups -OCH3 is 1. The third-order valence-corrected chi connectivity index (χ3v) is 2.21. The van der Waals surface area contributed by atoms with Crippen molar-refractivity contribution >= 4 is 11.6 Å². The summed E-state index contributed by atoms with van der Waals surface area (Å²) in [4.78, 5) is 11.6. The number of rotatable bonds is 3. The van der Waals surface area contributed by atoms with Gasteiger partial charge in [0.15, 0.2) is 0 Å². The molecule has 2 aromatic rings. The zero-order valence-electron chi connectivity index (χ0n) is 9.35. The molecule has 1 aromatic carbocycles. The first-order valence-corrected chi connectivity index (χ1v) is 5.26. The van der Waals surface area contributed by atoms with E-state index in [9.17, 15) is 0 Å². The van der Waals surface area contributed by atoms with Crippen molar-refractivity contribution in [3.63, 3.8) is 0 Å². The number of hydrogen-bond acceptors (Lipinski definition) is 5. The Bertz CT molecular complexity index is 534. The first kappa shape index (κ1) is 11.6. The molecule has 0 aliphatic rings. The van der Waals surface area contributed by atoms with Gasteiger partial charge in [0.05, 0.1) is 7.11 Å². The molecule has 0 fully saturated rings. The number of aryl methyl sites for hydroxylation is 1. The number of para-hydroxylation sites is 1. The van der Waals surface area contributed by atoms with Gasteiger partial charge in [0.25, 0.3) is 0 Å². The lowest BCUT2D eigenvalue weighted by molar-refractivity contribution is 0.358. The average molecular weight is 252 g/mol. The van der Waals surface area contributed by atoms with Gasteiger partial charge in [-0.1, -0.05) is 18.2 Å². The monoisotopic (exact) mass is 251 g/mol. The molecular formula is C11H10ClN3O2. The molecule has 0 saturated heterocycles. The highest BCUT2D eigenvalue weighted by Gasteiger charge is 2.08. The van der Waals surface area contributed by atoms with Crippen molar-refractivity contribution < 1.29 is 9.47 Å². The van der Waals surface area contributed by atoms with Crippen LogP contribution in [0, 0.1) is 6.92 Å². The molecule has 2 rings (SSSR count). The van der Waals surface area contributed by atoms with Gasteiger partial charge >= 0.3 is 12.0 Å². The average Bonchev–Trinajstić information content (AvgIpc) is 2.31. The van der Waals surface area contributed by atoms with Crippen LogP contribution < -0.4 is 9.47 Å². The molecule has 0 radical (unpaired) electrons. The summed E-state index contributed by atoms with van der Waals surface area (Å²) >= 11 is 5.71. The predicted octanol–water partition coefficient (Wildman–Crippen LogP) is 2.63. The van der Waals surface area contributed by atoms with Gasteiger partial charge in [-0.3, -0.25) is 0 Å². The third kappa shape index (κ3) is 2.82. The first-order valence-electron chi connectivity index (χ1n) is 4.88. The van der Waals surface area contributed by atoms with E-state index >= 15 is 0 Å². The van der Waals surface area contributed by atoms with E-state index in [0.29, 0.717) is 5.75 Å². The van der Waals surface area contributed by atoms with Gasteiger partial charge in [0.1, 0.15) is 5.75 Å². The Balaban J connectivity index is 2.30. The van der Waals surface area contributed by atoms with E-state index in [1.807, 2.05) is 31.2 Å². The molecule has 0 amide bonds. The number of nitrogens with zero attached hydrogens (tertiary/aromatic N) is 3. The lowest BCUT2D eigenvalue weighted by atomic mass is 10.2. The summed E-state index contributed by atoms with van der Waals surface area (Å²) in [6.45, 7) is 1.93. The SMILES string of the molecule is COc1nc(Cl)nc(Oc2ccccc2C)n1. The summed E-state index contributed by atoms with van der Waals surface area (Å²) in [5.74, 6) is 0.664. The zero-order chi connectivity index (χ0) is 12.3. The molecule has 88 valence electrons. The maximum atomic E-state index is 5.71. The standard InChI is InChI=1S/C11H10ClN3O2/c1-7-5-3-4-6-8(7)17-11-14-9(12)13-10(15-11)16-2/h3-6H,1-2H3. The van der Waals surface area contributed by atoms with Gasteiger partial charge in [-0.05, 0) is 30.2 Å². The summed E-state index contributed by atoms with van der Waals surface area (Å²) in [6.07, 6.45) is 0. The minimum atomic E-state index is 0.0282. The molecule has 0 spiro atoms. The largest absolute Gasteiger partial charge is 0.467 e. The van der Waals surface area contributed by atoms with Crippen LogP contribution in [0.4, 0.5) is 0 Å². The maximum absolute atomic E-state index is 5.71. The van der Waals surface area contributed by atoms with Crippen LogP contribution in [-0.2, 0) is 0 Å². The van der Waals surface area contributed by atoms with Crippen LogP contribution in [0.15, 0.2) is 24.3 Å². The van der Waals surface area contributed by atoms with Gasteiger partial charge in [-0.15, -0.1) is 4.98 Å². The van der Waals surface area contributed by atoms with E-state index in [0.717, 1.165) is 5.56 Å². The molecular weight excluding hydrogens is 242 g/mol. The van der Waals surface area contributed by atoms with Crippen LogP contribution in [0.1, 0.15) is 5.56 Å². The molecule has 0 aliphatic heterocycles. The van der Waals surface area contributed by atoms with Gasteiger partial charge in [0, 0.05) is 0 Å². The molecule has 5 nitrogen and oxygen atoms in total. The number of hydrogen-bond donors (Lipinski definition) is 0. The highest BCUT2D eigenvalue weighted by Crippen LogP contribution is 2.23. The van der Waals surface area contributed by atoms with E-state index in [-0.39, 0.29) is 17.3 Å². The fraction of sp³-hybridized carbons (Fsp3) is 0.182. The highest BCUT2D eigenvalue weighted by atomic mass is 35.5. The van der Waals surface area contributed by atoms with E-state index < -0.39 is 0 Å². The quantitative estimate of drug-likeness (QED) is 0.839. The summed E-state index contributed by atoms with van der Waals surface area (Å²) in [5, 5.41) is 0.0282. The molecule has 0 N–H and O–H groups in total. The minimum absolute atomic E-state index is 0.0282. The number of halogens is 1. The first-order chi connectivity index (χ1) is 8.19. The normalized spacial score (nSPS) is 10.1. The van der Waals surface area contributed by atoms with Gasteiger partial charge in [-0.2, -0.15) is 9.97 Å². The lowest BCUT2D eigenvalue weighted by Crippen LogP contribution is -1.99. The van der Waals surface area contributed by atoms with Crippen molar-refractivity contribution in [2.45, 2.75) is 6.92 Å². The van der Waals surface area contributed by atoms with Crippen molar-refractivity contribution in [2.75, 3.05) is 7.11 Å². The van der Waals surface area contributed by atoms with Crippen LogP contribution in [-0.4, -0.2) is 22.1 Å². The Kier molecular flexibility index (Phi) is 3.39. The Labute approximate surface area is 103 Å². The highest BCUT2D eigenvalue weighted by molar-refractivity contribution is 6.28. The van der Waals surface area contributed by atoms with Gasteiger partial charge < -0.3 is 9.47 Å². The third-order valence-electron chi connectivity index (χ3n) is 2.04. The minimum Gasteiger partial charge on any atom is -0.467 e. The number of aromatic nitrogens is 3. The Hall–Kier alpha value is -1.88. The summed E-state index contributed by atoms with van der Waals surface area (Å²) in [7, 11) is 1.45. The van der Waals surface area contributed by atoms with E-state index in [1.165, 1.54) is 7.11 Å². The fourth-order valence-corrected chi connectivity index (χ4v) is 1.37. The van der Waals surface area contributed by atoms with E-state index in [4.69, 9.17) is 21.1 Å². The number of benzene rings is 1. The van der Waals surface area contributed by atoms with E-state index in [2.05, 4.69) is 15.0 Å². The second kappa shape index (κ2) is 4.97. The van der Waals surface area contributed by atoms with E-state index in [1.54, 1.807) is 0 Å². The molecule has 6 heteroatoms. The summed E-state index contributed by atoms with van der Waals surface area (Å²) < 4.78 is 10.4. The van der Waals surface area contributed by atoms with Crippen molar-refractivity contribution in [2.24, 2.45) is 0 Å². The van der Waals surface area contributed by atoms with Crippen LogP contribution in [0.25, 0.3) is 0 Å². The van der Waals surface area contributed by atoms with Crippen molar-refractivity contribution in [1.29, 1.82) is 0 Å². The molecule has 0 bridgehead atoms.